The molecule has 0 aromatic rings. The van der Waals surface area contributed by atoms with Gasteiger partial charge >= 0.3 is 0 Å². The third kappa shape index (κ3) is 4.31. The highest BCUT2D eigenvalue weighted by atomic mass is 32.1. The molecule has 1 unspecified atom stereocenters. The predicted octanol–water partition coefficient (Wildman–Crippen LogP) is -0.206. The van der Waals surface area contributed by atoms with Crippen LogP contribution in [0.4, 0.5) is 0 Å². The van der Waals surface area contributed by atoms with E-state index in [1.807, 2.05) is 6.08 Å². The monoisotopic (exact) mass is 104 g/mol. The molecule has 0 N–H and O–H groups in total. The zero-order valence-corrected chi connectivity index (χ0v) is 6.20. The van der Waals surface area contributed by atoms with Crippen molar-refractivity contribution >= 4 is 22.9 Å². The maximum atomic E-state index is 4.04. The fraction of sp³-hybridized carbons (Fsp3) is 0.333. The molecule has 1 atom stereocenters. The second kappa shape index (κ2) is 2.54. The first-order chi connectivity index (χ1) is 2.27. The van der Waals surface area contributed by atoms with Crippen LogP contribution < -0.4 is 0 Å². The first-order valence-corrected chi connectivity index (χ1v) is 3.25. The second-order valence-corrected chi connectivity index (χ2v) is 4.01. The van der Waals surface area contributed by atoms with Crippen molar-refractivity contribution in [1.29, 1.82) is 0 Å². The van der Waals surface area contributed by atoms with Crippen LogP contribution in [0.25, 0.3) is 0 Å². The van der Waals surface area contributed by atoms with Crippen LogP contribution in [0.5, 0.6) is 0 Å². The van der Waals surface area contributed by atoms with Gasteiger partial charge in [-0.05, 0) is 0 Å². The van der Waals surface area contributed by atoms with E-state index in [1.165, 1.54) is 0 Å². The largest absolute Gasteiger partial charge is 0.176 e. The molecule has 0 bridgehead atoms. The SMILES string of the molecule is C=CC([SiH3])S. The molecule has 0 aromatic carbocycles. The van der Waals surface area contributed by atoms with Crippen LogP contribution in [-0.4, -0.2) is 15.1 Å². The van der Waals surface area contributed by atoms with E-state index in [1.54, 1.807) is 0 Å². The first-order valence-electron chi connectivity index (χ1n) is 1.58. The molecule has 0 nitrogen and oxygen atoms in total. The Morgan fingerprint density at radius 1 is 2.00 bits per heavy atom. The van der Waals surface area contributed by atoms with Gasteiger partial charge in [-0.15, -0.1) is 6.58 Å². The number of hydrogen-bond donors (Lipinski definition) is 1. The normalized spacial score (nSPS) is 14.6. The highest BCUT2D eigenvalue weighted by Crippen LogP contribution is 1.83. The molecule has 0 aliphatic heterocycles. The van der Waals surface area contributed by atoms with Crippen molar-refractivity contribution in [2.45, 2.75) is 4.87 Å². The predicted molar refractivity (Wildman–Crippen MR) is 32.9 cm³/mol. The Hall–Kier alpha value is 0.307. The summed E-state index contributed by atoms with van der Waals surface area (Å²) in [6.07, 6.45) is 1.84. The molecular weight excluding hydrogens is 96.2 g/mol. The number of thiol groups is 1. The molecule has 30 valence electrons. The van der Waals surface area contributed by atoms with Crippen molar-refractivity contribution in [2.75, 3.05) is 0 Å². The molecule has 2 heteroatoms. The van der Waals surface area contributed by atoms with Crippen molar-refractivity contribution in [3.8, 4) is 0 Å². The Balaban J connectivity index is 2.83. The molecule has 0 saturated carbocycles. The standard InChI is InChI=1S/C3H8SSi/c1-2-3(4)5/h2-4H,1H2,5H3. The fourth-order valence-electron chi connectivity index (χ4n) is 0. The van der Waals surface area contributed by atoms with Gasteiger partial charge in [0.05, 0.1) is 0 Å². The third-order valence-corrected chi connectivity index (χ3v) is 1.02. The van der Waals surface area contributed by atoms with Crippen LogP contribution in [-0.2, 0) is 0 Å². The molecule has 5 heavy (non-hydrogen) atoms. The van der Waals surface area contributed by atoms with Gasteiger partial charge in [-0.2, -0.15) is 12.6 Å². The molecule has 0 aromatic heterocycles. The lowest BCUT2D eigenvalue weighted by atomic mass is 10.8. The van der Waals surface area contributed by atoms with Gasteiger partial charge in [-0.3, -0.25) is 0 Å². The molecule has 0 rings (SSSR count). The minimum absolute atomic E-state index is 0.481. The van der Waals surface area contributed by atoms with E-state index in [0.717, 1.165) is 10.2 Å². The lowest BCUT2D eigenvalue weighted by molar-refractivity contribution is 1.68. The van der Waals surface area contributed by atoms with Gasteiger partial charge in [0, 0.05) is 15.1 Å². The summed E-state index contributed by atoms with van der Waals surface area (Å²) < 4.78 is 0. The van der Waals surface area contributed by atoms with Crippen LogP contribution in [0.3, 0.4) is 0 Å². The summed E-state index contributed by atoms with van der Waals surface area (Å²) in [5, 5.41) is 0. The Kier molecular flexibility index (Phi) is 2.69. The van der Waals surface area contributed by atoms with Crippen molar-refractivity contribution in [2.24, 2.45) is 0 Å². The van der Waals surface area contributed by atoms with Gasteiger partial charge in [0.2, 0.25) is 0 Å². The molecule has 0 heterocycles. The Bertz CT molecular complexity index is 33.9. The number of hydrogen-bond acceptors (Lipinski definition) is 1. The zero-order chi connectivity index (χ0) is 4.28. The first kappa shape index (κ1) is 5.31. The van der Waals surface area contributed by atoms with Crippen LogP contribution in [0.1, 0.15) is 0 Å². The van der Waals surface area contributed by atoms with E-state index in [-0.39, 0.29) is 0 Å². The van der Waals surface area contributed by atoms with Crippen molar-refractivity contribution in [3.63, 3.8) is 0 Å². The summed E-state index contributed by atoms with van der Waals surface area (Å²) in [6, 6.07) is 0. The maximum Gasteiger partial charge on any atom is 0.0237 e. The lowest BCUT2D eigenvalue weighted by Gasteiger charge is -1.83. The minimum atomic E-state index is 0.481. The average Bonchev–Trinajstić information content (AvgIpc) is 1.38. The molecular formula is C3H8SSi. The van der Waals surface area contributed by atoms with Gasteiger partial charge in [-0.25, -0.2) is 0 Å². The molecule has 0 aliphatic rings. The summed E-state index contributed by atoms with van der Waals surface area (Å²) in [5.74, 6) is 0. The van der Waals surface area contributed by atoms with Crippen molar-refractivity contribution < 1.29 is 0 Å². The van der Waals surface area contributed by atoms with Crippen LogP contribution in [0.15, 0.2) is 12.7 Å². The molecule has 0 radical (unpaired) electrons. The molecule has 0 saturated heterocycles. The topological polar surface area (TPSA) is 0 Å². The summed E-state index contributed by atoms with van der Waals surface area (Å²) in [6.45, 7) is 3.52. The van der Waals surface area contributed by atoms with E-state index >= 15 is 0 Å². The summed E-state index contributed by atoms with van der Waals surface area (Å²) in [4.78, 5) is 0.481. The smallest absolute Gasteiger partial charge is 0.0237 e. The Morgan fingerprint density at radius 2 is 2.20 bits per heavy atom. The summed E-state index contributed by atoms with van der Waals surface area (Å²) in [5.41, 5.74) is 0. The molecule has 0 amide bonds. The van der Waals surface area contributed by atoms with E-state index in [0.29, 0.717) is 4.87 Å². The van der Waals surface area contributed by atoms with Crippen LogP contribution in [0, 0.1) is 0 Å². The van der Waals surface area contributed by atoms with E-state index < -0.39 is 0 Å². The highest BCUT2D eigenvalue weighted by molar-refractivity contribution is 7.82. The van der Waals surface area contributed by atoms with Crippen LogP contribution >= 0.6 is 12.6 Å². The van der Waals surface area contributed by atoms with E-state index in [2.05, 4.69) is 19.2 Å². The summed E-state index contributed by atoms with van der Waals surface area (Å²) >= 11 is 4.04. The summed E-state index contributed by atoms with van der Waals surface area (Å²) in [7, 11) is 1.12. The van der Waals surface area contributed by atoms with Gasteiger partial charge in [0.15, 0.2) is 0 Å². The molecule has 0 spiro atoms. The highest BCUT2D eigenvalue weighted by Gasteiger charge is 1.75. The van der Waals surface area contributed by atoms with Crippen LogP contribution in [0.2, 0.25) is 0 Å². The Morgan fingerprint density at radius 3 is 2.20 bits per heavy atom. The lowest BCUT2D eigenvalue weighted by Crippen LogP contribution is -1.85. The van der Waals surface area contributed by atoms with E-state index in [9.17, 15) is 0 Å². The van der Waals surface area contributed by atoms with E-state index in [4.69, 9.17) is 0 Å². The minimum Gasteiger partial charge on any atom is -0.176 e. The van der Waals surface area contributed by atoms with Crippen molar-refractivity contribution in [1.82, 2.24) is 0 Å². The van der Waals surface area contributed by atoms with Crippen molar-refractivity contribution in [3.05, 3.63) is 12.7 Å². The maximum absolute atomic E-state index is 4.04. The van der Waals surface area contributed by atoms with Gasteiger partial charge in [0.25, 0.3) is 0 Å². The second-order valence-electron chi connectivity index (χ2n) is 0.976. The fourth-order valence-corrected chi connectivity index (χ4v) is 0. The third-order valence-electron chi connectivity index (χ3n) is 0.341. The zero-order valence-electron chi connectivity index (χ0n) is 3.31. The van der Waals surface area contributed by atoms with Gasteiger partial charge in [-0.1, -0.05) is 6.08 Å². The average molecular weight is 104 g/mol. The Labute approximate surface area is 41.1 Å². The molecule has 0 aliphatic carbocycles. The number of rotatable bonds is 1. The van der Waals surface area contributed by atoms with Gasteiger partial charge in [0.1, 0.15) is 0 Å². The molecule has 0 fully saturated rings. The quantitative estimate of drug-likeness (QED) is 0.266. The van der Waals surface area contributed by atoms with Gasteiger partial charge < -0.3 is 0 Å².